The Hall–Kier alpha value is -0.340. The predicted octanol–water partition coefficient (Wildman–Crippen LogP) is 2.50. The normalized spacial score (nSPS) is 53.2. The molecule has 0 heterocycles. The summed E-state index contributed by atoms with van der Waals surface area (Å²) in [6.07, 6.45) is 7.78. The van der Waals surface area contributed by atoms with Crippen molar-refractivity contribution in [3.63, 3.8) is 0 Å². The summed E-state index contributed by atoms with van der Waals surface area (Å²) in [5.74, 6) is 1.73. The number of allylic oxidation sites excluding steroid dienone is 1. The van der Waals surface area contributed by atoms with Crippen LogP contribution in [0.15, 0.2) is 11.6 Å². The van der Waals surface area contributed by atoms with E-state index in [4.69, 9.17) is 0 Å². The third-order valence-electron chi connectivity index (χ3n) is 5.90. The fourth-order valence-corrected chi connectivity index (χ4v) is 4.53. The van der Waals surface area contributed by atoms with Crippen LogP contribution in [0.3, 0.4) is 0 Å². The summed E-state index contributed by atoms with van der Waals surface area (Å²) >= 11 is 0. The Morgan fingerprint density at radius 2 is 2.12 bits per heavy atom. The van der Waals surface area contributed by atoms with Gasteiger partial charge in [0.15, 0.2) is 0 Å². The highest BCUT2D eigenvalue weighted by Crippen LogP contribution is 2.68. The third-order valence-corrected chi connectivity index (χ3v) is 5.90. The molecule has 96 valence electrons. The molecule has 17 heavy (non-hydrogen) atoms. The standard InChI is InChI=1S/C15H24O2/c1-10-8-15(10)6-5-14(2,17)12-4-3-11(9-16)7-13(12)15/h7,10,12-13,16-17H,3-6,8-9H2,1-2H3/t10-,12-,13+,14+,15?/m1/s1. The molecule has 2 nitrogen and oxygen atoms in total. The molecular formula is C15H24O2. The van der Waals surface area contributed by atoms with Crippen molar-refractivity contribution in [3.8, 4) is 0 Å². The highest BCUT2D eigenvalue weighted by molar-refractivity contribution is 5.23. The van der Waals surface area contributed by atoms with Gasteiger partial charge < -0.3 is 10.2 Å². The molecule has 0 aromatic heterocycles. The molecule has 3 aliphatic rings. The molecule has 5 atom stereocenters. The summed E-state index contributed by atoms with van der Waals surface area (Å²) in [7, 11) is 0. The third kappa shape index (κ3) is 1.61. The zero-order chi connectivity index (χ0) is 12.3. The number of aliphatic hydroxyl groups is 2. The van der Waals surface area contributed by atoms with E-state index in [0.29, 0.717) is 17.3 Å². The molecule has 1 spiro atoms. The van der Waals surface area contributed by atoms with Crippen LogP contribution in [0.25, 0.3) is 0 Å². The second-order valence-electron chi connectivity index (χ2n) is 6.85. The Morgan fingerprint density at radius 3 is 2.71 bits per heavy atom. The second-order valence-corrected chi connectivity index (χ2v) is 6.85. The fourth-order valence-electron chi connectivity index (χ4n) is 4.53. The molecule has 0 aromatic carbocycles. The maximum atomic E-state index is 10.6. The first-order chi connectivity index (χ1) is 7.99. The molecule has 2 saturated carbocycles. The van der Waals surface area contributed by atoms with E-state index in [1.807, 2.05) is 6.92 Å². The fraction of sp³-hybridized carbons (Fsp3) is 0.867. The zero-order valence-electron chi connectivity index (χ0n) is 10.9. The number of hydrogen-bond donors (Lipinski definition) is 2. The average Bonchev–Trinajstić information content (AvgIpc) is 2.96. The lowest BCUT2D eigenvalue weighted by molar-refractivity contribution is -0.0830. The van der Waals surface area contributed by atoms with Gasteiger partial charge >= 0.3 is 0 Å². The highest BCUT2D eigenvalue weighted by atomic mass is 16.3. The van der Waals surface area contributed by atoms with Gasteiger partial charge in [-0.1, -0.05) is 13.0 Å². The van der Waals surface area contributed by atoms with Crippen molar-refractivity contribution in [1.29, 1.82) is 0 Å². The van der Waals surface area contributed by atoms with Crippen LogP contribution in [-0.2, 0) is 0 Å². The summed E-state index contributed by atoms with van der Waals surface area (Å²) < 4.78 is 0. The minimum absolute atomic E-state index is 0.204. The minimum atomic E-state index is -0.490. The molecule has 2 N–H and O–H groups in total. The van der Waals surface area contributed by atoms with Gasteiger partial charge in [-0.05, 0) is 67.8 Å². The molecule has 3 aliphatic carbocycles. The molecule has 0 aliphatic heterocycles. The Bertz CT molecular complexity index is 358. The molecule has 0 saturated heterocycles. The van der Waals surface area contributed by atoms with Crippen molar-refractivity contribution >= 4 is 0 Å². The average molecular weight is 236 g/mol. The molecule has 1 unspecified atom stereocenters. The van der Waals surface area contributed by atoms with Crippen LogP contribution < -0.4 is 0 Å². The number of aliphatic hydroxyl groups excluding tert-OH is 1. The van der Waals surface area contributed by atoms with Crippen LogP contribution in [0.5, 0.6) is 0 Å². The SMILES string of the molecule is C[C@@H]1CC12CC[C@](C)(O)[C@@H]1CCC(CO)=C[C@@H]12. The van der Waals surface area contributed by atoms with Gasteiger partial charge in [-0.25, -0.2) is 0 Å². The highest BCUT2D eigenvalue weighted by Gasteiger charge is 2.62. The molecule has 0 amide bonds. The molecule has 2 heteroatoms. The van der Waals surface area contributed by atoms with Crippen molar-refractivity contribution in [1.82, 2.24) is 0 Å². The molecule has 3 rings (SSSR count). The number of rotatable bonds is 1. The van der Waals surface area contributed by atoms with Gasteiger partial charge in [0.05, 0.1) is 12.2 Å². The van der Waals surface area contributed by atoms with Gasteiger partial charge in [-0.3, -0.25) is 0 Å². The van der Waals surface area contributed by atoms with Gasteiger partial charge in [-0.15, -0.1) is 0 Å². The second kappa shape index (κ2) is 3.58. The summed E-state index contributed by atoms with van der Waals surface area (Å²) in [4.78, 5) is 0. The summed E-state index contributed by atoms with van der Waals surface area (Å²) in [6, 6.07) is 0. The van der Waals surface area contributed by atoms with E-state index in [1.165, 1.54) is 12.0 Å². The van der Waals surface area contributed by atoms with Gasteiger partial charge in [0.25, 0.3) is 0 Å². The zero-order valence-corrected chi connectivity index (χ0v) is 10.9. The Labute approximate surface area is 104 Å². The Morgan fingerprint density at radius 1 is 1.41 bits per heavy atom. The largest absolute Gasteiger partial charge is 0.392 e. The van der Waals surface area contributed by atoms with Crippen LogP contribution >= 0.6 is 0 Å². The van der Waals surface area contributed by atoms with E-state index in [1.54, 1.807) is 0 Å². The van der Waals surface area contributed by atoms with Gasteiger partial charge in [-0.2, -0.15) is 0 Å². The predicted molar refractivity (Wildman–Crippen MR) is 67.5 cm³/mol. The molecule has 0 bridgehead atoms. The minimum Gasteiger partial charge on any atom is -0.392 e. The molecule has 2 fully saturated rings. The van der Waals surface area contributed by atoms with Crippen molar-refractivity contribution in [2.75, 3.05) is 6.61 Å². The van der Waals surface area contributed by atoms with E-state index in [9.17, 15) is 10.2 Å². The van der Waals surface area contributed by atoms with Crippen molar-refractivity contribution in [2.24, 2.45) is 23.2 Å². The van der Waals surface area contributed by atoms with Gasteiger partial charge in [0.1, 0.15) is 0 Å². The van der Waals surface area contributed by atoms with E-state index in [-0.39, 0.29) is 6.61 Å². The van der Waals surface area contributed by atoms with Crippen LogP contribution in [-0.4, -0.2) is 22.4 Å². The summed E-state index contributed by atoms with van der Waals surface area (Å²) in [5, 5.41) is 19.9. The molecule has 0 aromatic rings. The first kappa shape index (κ1) is 11.7. The van der Waals surface area contributed by atoms with E-state index >= 15 is 0 Å². The van der Waals surface area contributed by atoms with E-state index in [2.05, 4.69) is 13.0 Å². The maximum Gasteiger partial charge on any atom is 0.0654 e. The van der Waals surface area contributed by atoms with E-state index < -0.39 is 5.60 Å². The van der Waals surface area contributed by atoms with Gasteiger partial charge in [0, 0.05) is 0 Å². The van der Waals surface area contributed by atoms with Crippen molar-refractivity contribution < 1.29 is 10.2 Å². The Kier molecular flexibility index (Phi) is 2.47. The Balaban J connectivity index is 1.95. The lowest BCUT2D eigenvalue weighted by Crippen LogP contribution is -2.48. The molecular weight excluding hydrogens is 212 g/mol. The van der Waals surface area contributed by atoms with Crippen molar-refractivity contribution in [3.05, 3.63) is 11.6 Å². The number of fused-ring (bicyclic) bond motifs is 2. The first-order valence-electron chi connectivity index (χ1n) is 7.02. The lowest BCUT2D eigenvalue weighted by Gasteiger charge is -2.49. The first-order valence-corrected chi connectivity index (χ1v) is 7.02. The van der Waals surface area contributed by atoms with Crippen LogP contribution in [0.2, 0.25) is 0 Å². The summed E-state index contributed by atoms with van der Waals surface area (Å²) in [6.45, 7) is 4.57. The topological polar surface area (TPSA) is 40.5 Å². The van der Waals surface area contributed by atoms with Crippen LogP contribution in [0.1, 0.15) is 46.0 Å². The smallest absolute Gasteiger partial charge is 0.0654 e. The maximum absolute atomic E-state index is 10.6. The lowest BCUT2D eigenvalue weighted by atomic mass is 9.58. The van der Waals surface area contributed by atoms with Gasteiger partial charge in [0.2, 0.25) is 0 Å². The molecule has 0 radical (unpaired) electrons. The van der Waals surface area contributed by atoms with Crippen LogP contribution in [0, 0.1) is 23.2 Å². The monoisotopic (exact) mass is 236 g/mol. The van der Waals surface area contributed by atoms with E-state index in [0.717, 1.165) is 31.6 Å². The van der Waals surface area contributed by atoms with Crippen LogP contribution in [0.4, 0.5) is 0 Å². The quantitative estimate of drug-likeness (QED) is 0.687. The number of hydrogen-bond acceptors (Lipinski definition) is 2. The summed E-state index contributed by atoms with van der Waals surface area (Å²) in [5.41, 5.74) is 1.17. The van der Waals surface area contributed by atoms with Crippen molar-refractivity contribution in [2.45, 2.75) is 51.6 Å².